The molecular formula is C16H17NO3. The molecule has 4 nitrogen and oxygen atoms in total. The summed E-state index contributed by atoms with van der Waals surface area (Å²) in [6, 6.07) is 9.06. The zero-order valence-electron chi connectivity index (χ0n) is 11.8. The highest BCUT2D eigenvalue weighted by Gasteiger charge is 2.15. The minimum absolute atomic E-state index is 0.186. The normalized spacial score (nSPS) is 10.3. The van der Waals surface area contributed by atoms with Crippen LogP contribution in [0.1, 0.15) is 32.0 Å². The van der Waals surface area contributed by atoms with Gasteiger partial charge in [0, 0.05) is 18.8 Å². The number of hydrogen-bond acceptors (Lipinski definition) is 3. The Morgan fingerprint density at radius 3 is 2.60 bits per heavy atom. The first-order valence-electron chi connectivity index (χ1n) is 6.38. The number of carbonyl (C=O) groups is 2. The van der Waals surface area contributed by atoms with Gasteiger partial charge in [0.15, 0.2) is 6.61 Å². The quantitative estimate of drug-likeness (QED) is 0.634. The smallest absolute Gasteiger partial charge is 0.355 e. The van der Waals surface area contributed by atoms with E-state index >= 15 is 0 Å². The summed E-state index contributed by atoms with van der Waals surface area (Å²) in [6.45, 7) is 3.55. The SMILES string of the molecule is Cc1ccc(C)c(C(=O)COC(=O)c2cccn2C)c1. The summed E-state index contributed by atoms with van der Waals surface area (Å²) in [5.41, 5.74) is 2.92. The third-order valence-corrected chi connectivity index (χ3v) is 3.18. The number of carbonyl (C=O) groups excluding carboxylic acids is 2. The Morgan fingerprint density at radius 1 is 1.20 bits per heavy atom. The van der Waals surface area contributed by atoms with Gasteiger partial charge in [-0.2, -0.15) is 0 Å². The summed E-state index contributed by atoms with van der Waals surface area (Å²) in [6.07, 6.45) is 1.75. The van der Waals surface area contributed by atoms with Crippen molar-refractivity contribution < 1.29 is 14.3 Å². The van der Waals surface area contributed by atoms with E-state index in [0.29, 0.717) is 11.3 Å². The number of aromatic nitrogens is 1. The molecule has 1 aromatic carbocycles. The minimum Gasteiger partial charge on any atom is -0.453 e. The number of rotatable bonds is 4. The van der Waals surface area contributed by atoms with E-state index in [1.807, 2.05) is 32.0 Å². The fourth-order valence-corrected chi connectivity index (χ4v) is 1.99. The van der Waals surface area contributed by atoms with Crippen molar-refractivity contribution in [2.75, 3.05) is 6.61 Å². The van der Waals surface area contributed by atoms with Gasteiger partial charge in [0.1, 0.15) is 5.69 Å². The molecule has 0 atom stereocenters. The molecule has 0 aliphatic carbocycles. The maximum Gasteiger partial charge on any atom is 0.355 e. The number of aryl methyl sites for hydroxylation is 3. The summed E-state index contributed by atoms with van der Waals surface area (Å²) < 4.78 is 6.73. The van der Waals surface area contributed by atoms with Gasteiger partial charge >= 0.3 is 5.97 Å². The maximum absolute atomic E-state index is 12.1. The molecule has 2 rings (SSSR count). The molecule has 0 aliphatic heterocycles. The first-order chi connectivity index (χ1) is 9.49. The number of nitrogens with zero attached hydrogens (tertiary/aromatic N) is 1. The molecule has 4 heteroatoms. The van der Waals surface area contributed by atoms with Gasteiger partial charge in [0.25, 0.3) is 0 Å². The van der Waals surface area contributed by atoms with Crippen molar-refractivity contribution in [3.05, 3.63) is 58.9 Å². The Morgan fingerprint density at radius 2 is 1.95 bits per heavy atom. The number of benzene rings is 1. The molecule has 0 bridgehead atoms. The van der Waals surface area contributed by atoms with Crippen LogP contribution in [0, 0.1) is 13.8 Å². The molecule has 0 fully saturated rings. The van der Waals surface area contributed by atoms with Crippen LogP contribution in [-0.2, 0) is 11.8 Å². The summed E-state index contributed by atoms with van der Waals surface area (Å²) in [7, 11) is 1.75. The third kappa shape index (κ3) is 2.96. The molecule has 2 aromatic rings. The van der Waals surface area contributed by atoms with Crippen molar-refractivity contribution in [2.45, 2.75) is 13.8 Å². The highest BCUT2D eigenvalue weighted by Crippen LogP contribution is 2.12. The number of ketones is 1. The van der Waals surface area contributed by atoms with E-state index in [1.54, 1.807) is 29.9 Å². The molecule has 20 heavy (non-hydrogen) atoms. The Labute approximate surface area is 118 Å². The second-order valence-electron chi connectivity index (χ2n) is 4.82. The van der Waals surface area contributed by atoms with Crippen LogP contribution in [-0.4, -0.2) is 22.9 Å². The van der Waals surface area contributed by atoms with Crippen molar-refractivity contribution in [2.24, 2.45) is 7.05 Å². The molecule has 0 aliphatic rings. The highest BCUT2D eigenvalue weighted by molar-refractivity contribution is 6.00. The molecule has 0 saturated heterocycles. The van der Waals surface area contributed by atoms with Gasteiger partial charge in [-0.05, 0) is 37.6 Å². The third-order valence-electron chi connectivity index (χ3n) is 3.18. The van der Waals surface area contributed by atoms with Gasteiger partial charge in [-0.15, -0.1) is 0 Å². The van der Waals surface area contributed by atoms with E-state index in [2.05, 4.69) is 0 Å². The molecule has 1 aromatic heterocycles. The van der Waals surface area contributed by atoms with Crippen LogP contribution in [0.4, 0.5) is 0 Å². The van der Waals surface area contributed by atoms with Crippen LogP contribution in [0.5, 0.6) is 0 Å². The van der Waals surface area contributed by atoms with Crippen LogP contribution in [0.3, 0.4) is 0 Å². The van der Waals surface area contributed by atoms with Crippen LogP contribution in [0.2, 0.25) is 0 Å². The topological polar surface area (TPSA) is 48.3 Å². The van der Waals surface area contributed by atoms with Crippen molar-refractivity contribution in [3.63, 3.8) is 0 Å². The molecule has 1 heterocycles. The molecule has 0 saturated carbocycles. The van der Waals surface area contributed by atoms with Crippen LogP contribution >= 0.6 is 0 Å². The van der Waals surface area contributed by atoms with Crippen LogP contribution < -0.4 is 0 Å². The average Bonchev–Trinajstić information content (AvgIpc) is 2.84. The zero-order chi connectivity index (χ0) is 14.7. The van der Waals surface area contributed by atoms with Crippen LogP contribution in [0.25, 0.3) is 0 Å². The minimum atomic E-state index is -0.490. The number of esters is 1. The Kier molecular flexibility index (Phi) is 4.03. The van der Waals surface area contributed by atoms with Crippen molar-refractivity contribution in [1.82, 2.24) is 4.57 Å². The van der Waals surface area contributed by atoms with E-state index in [-0.39, 0.29) is 12.4 Å². The maximum atomic E-state index is 12.1. The van der Waals surface area contributed by atoms with Gasteiger partial charge in [-0.25, -0.2) is 4.79 Å². The van der Waals surface area contributed by atoms with Crippen molar-refractivity contribution >= 4 is 11.8 Å². The lowest BCUT2D eigenvalue weighted by Crippen LogP contribution is -2.17. The van der Waals surface area contributed by atoms with Crippen molar-refractivity contribution in [3.8, 4) is 0 Å². The summed E-state index contributed by atoms with van der Waals surface area (Å²) in [5, 5.41) is 0. The van der Waals surface area contributed by atoms with E-state index in [1.165, 1.54) is 0 Å². The molecule has 104 valence electrons. The van der Waals surface area contributed by atoms with Crippen LogP contribution in [0.15, 0.2) is 36.5 Å². The van der Waals surface area contributed by atoms with Gasteiger partial charge in [0.2, 0.25) is 5.78 Å². The monoisotopic (exact) mass is 271 g/mol. The molecule has 0 unspecified atom stereocenters. The first kappa shape index (κ1) is 14.1. The predicted octanol–water partition coefficient (Wildman–Crippen LogP) is 2.68. The summed E-state index contributed by atoms with van der Waals surface area (Å²) >= 11 is 0. The summed E-state index contributed by atoms with van der Waals surface area (Å²) in [5.74, 6) is -0.676. The van der Waals surface area contributed by atoms with Crippen molar-refractivity contribution in [1.29, 1.82) is 0 Å². The fourth-order valence-electron chi connectivity index (χ4n) is 1.99. The Balaban J connectivity index is 2.04. The number of ether oxygens (including phenoxy) is 1. The van der Waals surface area contributed by atoms with E-state index in [0.717, 1.165) is 11.1 Å². The van der Waals surface area contributed by atoms with E-state index in [9.17, 15) is 9.59 Å². The number of hydrogen-bond donors (Lipinski definition) is 0. The number of Topliss-reactive ketones (excluding diaryl/α,β-unsaturated/α-hetero) is 1. The molecule has 0 amide bonds. The molecule has 0 radical (unpaired) electrons. The Bertz CT molecular complexity index is 655. The first-order valence-corrected chi connectivity index (χ1v) is 6.38. The fraction of sp³-hybridized carbons (Fsp3) is 0.250. The zero-order valence-corrected chi connectivity index (χ0v) is 11.8. The molecular weight excluding hydrogens is 254 g/mol. The molecule has 0 N–H and O–H groups in total. The predicted molar refractivity (Wildman–Crippen MR) is 75.9 cm³/mol. The van der Waals surface area contributed by atoms with E-state index < -0.39 is 5.97 Å². The largest absolute Gasteiger partial charge is 0.453 e. The lowest BCUT2D eigenvalue weighted by molar-refractivity contribution is 0.0465. The van der Waals surface area contributed by atoms with Gasteiger partial charge in [0.05, 0.1) is 0 Å². The van der Waals surface area contributed by atoms with Gasteiger partial charge in [-0.3, -0.25) is 4.79 Å². The average molecular weight is 271 g/mol. The molecule has 0 spiro atoms. The Hall–Kier alpha value is -2.36. The highest BCUT2D eigenvalue weighted by atomic mass is 16.5. The lowest BCUT2D eigenvalue weighted by atomic mass is 10.0. The standard InChI is InChI=1S/C16H17NO3/c1-11-6-7-12(2)13(9-11)15(18)10-20-16(19)14-5-4-8-17(14)3/h4-9H,10H2,1-3H3. The lowest BCUT2D eigenvalue weighted by Gasteiger charge is -2.08. The second-order valence-corrected chi connectivity index (χ2v) is 4.82. The second kappa shape index (κ2) is 5.74. The van der Waals surface area contributed by atoms with E-state index in [4.69, 9.17) is 4.74 Å². The van der Waals surface area contributed by atoms with Gasteiger partial charge < -0.3 is 9.30 Å². The summed E-state index contributed by atoms with van der Waals surface area (Å²) in [4.78, 5) is 23.9. The van der Waals surface area contributed by atoms with Gasteiger partial charge in [-0.1, -0.05) is 17.7 Å².